The largest absolute Gasteiger partial charge is 0.352 e. The molecule has 0 spiro atoms. The van der Waals surface area contributed by atoms with Gasteiger partial charge in [0.25, 0.3) is 5.91 Å². The van der Waals surface area contributed by atoms with E-state index in [0.29, 0.717) is 30.8 Å². The van der Waals surface area contributed by atoms with Gasteiger partial charge in [0.05, 0.1) is 5.56 Å². The van der Waals surface area contributed by atoms with E-state index in [1.165, 1.54) is 23.9 Å². The van der Waals surface area contributed by atoms with Gasteiger partial charge in [0, 0.05) is 36.0 Å². The number of halogens is 1. The van der Waals surface area contributed by atoms with Crippen LogP contribution in [0.3, 0.4) is 0 Å². The van der Waals surface area contributed by atoms with Crippen LogP contribution in [0.4, 0.5) is 10.1 Å². The number of thioether (sulfide) groups is 1. The van der Waals surface area contributed by atoms with Crippen LogP contribution in [0.2, 0.25) is 0 Å². The molecule has 0 aliphatic carbocycles. The number of hydrogen-bond donors (Lipinski definition) is 1. The van der Waals surface area contributed by atoms with E-state index < -0.39 is 0 Å². The lowest BCUT2D eigenvalue weighted by Gasteiger charge is -2.17. The van der Waals surface area contributed by atoms with Crippen LogP contribution >= 0.6 is 11.8 Å². The van der Waals surface area contributed by atoms with Crippen LogP contribution in [0.1, 0.15) is 16.8 Å². The van der Waals surface area contributed by atoms with E-state index in [4.69, 9.17) is 0 Å². The molecule has 1 atom stereocenters. The average molecular weight is 358 g/mol. The fourth-order valence-corrected chi connectivity index (χ4v) is 3.55. The molecule has 25 heavy (non-hydrogen) atoms. The van der Waals surface area contributed by atoms with Crippen molar-refractivity contribution in [3.05, 3.63) is 59.9 Å². The zero-order chi connectivity index (χ0) is 17.8. The summed E-state index contributed by atoms with van der Waals surface area (Å²) in [6.07, 6.45) is 2.31. The maximum Gasteiger partial charge on any atom is 0.252 e. The quantitative estimate of drug-likeness (QED) is 0.834. The number of anilines is 1. The Morgan fingerprint density at radius 2 is 1.96 bits per heavy atom. The summed E-state index contributed by atoms with van der Waals surface area (Å²) in [4.78, 5) is 27.2. The van der Waals surface area contributed by atoms with Crippen LogP contribution in [0.25, 0.3) is 0 Å². The molecule has 130 valence electrons. The van der Waals surface area contributed by atoms with Gasteiger partial charge < -0.3 is 10.2 Å². The molecular formula is C19H19FN2O2S. The number of benzene rings is 2. The SMILES string of the molecule is CSc1ccccc1C(=O)NCC1CC(=O)N(c2ccc(F)cc2)C1. The first-order valence-electron chi connectivity index (χ1n) is 8.05. The maximum atomic E-state index is 13.0. The van der Waals surface area contributed by atoms with Crippen LogP contribution in [0, 0.1) is 11.7 Å². The smallest absolute Gasteiger partial charge is 0.252 e. The van der Waals surface area contributed by atoms with Crippen molar-refractivity contribution in [2.75, 3.05) is 24.2 Å². The molecule has 1 aliphatic rings. The van der Waals surface area contributed by atoms with Gasteiger partial charge in [0.15, 0.2) is 0 Å². The monoisotopic (exact) mass is 358 g/mol. The van der Waals surface area contributed by atoms with Gasteiger partial charge >= 0.3 is 0 Å². The summed E-state index contributed by atoms with van der Waals surface area (Å²) < 4.78 is 13.0. The van der Waals surface area contributed by atoms with E-state index in [2.05, 4.69) is 5.32 Å². The molecule has 6 heteroatoms. The lowest BCUT2D eigenvalue weighted by atomic mass is 10.1. The van der Waals surface area contributed by atoms with Gasteiger partial charge in [-0.15, -0.1) is 11.8 Å². The normalized spacial score (nSPS) is 17.0. The van der Waals surface area contributed by atoms with E-state index >= 15 is 0 Å². The van der Waals surface area contributed by atoms with Gasteiger partial charge in [0.1, 0.15) is 5.82 Å². The van der Waals surface area contributed by atoms with E-state index in [1.807, 2.05) is 24.5 Å². The Hall–Kier alpha value is -2.34. The van der Waals surface area contributed by atoms with Crippen LogP contribution in [0.5, 0.6) is 0 Å². The second-order valence-corrected chi connectivity index (χ2v) is 6.81. The molecule has 1 aliphatic heterocycles. The van der Waals surface area contributed by atoms with Gasteiger partial charge in [-0.05, 0) is 42.7 Å². The standard InChI is InChI=1S/C19H19FN2O2S/c1-25-17-5-3-2-4-16(17)19(24)21-11-13-10-18(23)22(12-13)15-8-6-14(20)7-9-15/h2-9,13H,10-12H2,1H3,(H,21,24). The molecule has 2 amide bonds. The molecule has 1 fully saturated rings. The Morgan fingerprint density at radius 1 is 1.24 bits per heavy atom. The topological polar surface area (TPSA) is 49.4 Å². The number of rotatable bonds is 5. The summed E-state index contributed by atoms with van der Waals surface area (Å²) in [6.45, 7) is 0.958. The van der Waals surface area contributed by atoms with Gasteiger partial charge in [-0.2, -0.15) is 0 Å². The second kappa shape index (κ2) is 7.70. The Kier molecular flexibility index (Phi) is 5.38. The third-order valence-electron chi connectivity index (χ3n) is 4.25. The second-order valence-electron chi connectivity index (χ2n) is 5.96. The van der Waals surface area contributed by atoms with E-state index in [1.54, 1.807) is 23.1 Å². The highest BCUT2D eigenvalue weighted by atomic mass is 32.2. The van der Waals surface area contributed by atoms with E-state index in [-0.39, 0.29) is 23.5 Å². The molecule has 0 aromatic heterocycles. The lowest BCUT2D eigenvalue weighted by Crippen LogP contribution is -2.31. The van der Waals surface area contributed by atoms with Gasteiger partial charge in [-0.1, -0.05) is 12.1 Å². The molecule has 0 saturated carbocycles. The van der Waals surface area contributed by atoms with E-state index in [0.717, 1.165) is 4.90 Å². The minimum atomic E-state index is -0.327. The van der Waals surface area contributed by atoms with Crippen molar-refractivity contribution in [3.63, 3.8) is 0 Å². The molecule has 4 nitrogen and oxygen atoms in total. The highest BCUT2D eigenvalue weighted by molar-refractivity contribution is 7.98. The van der Waals surface area contributed by atoms with E-state index in [9.17, 15) is 14.0 Å². The molecule has 2 aromatic carbocycles. The van der Waals surface area contributed by atoms with Crippen LogP contribution in [0.15, 0.2) is 53.4 Å². The molecule has 0 radical (unpaired) electrons. The fraction of sp³-hybridized carbons (Fsp3) is 0.263. The summed E-state index contributed by atoms with van der Waals surface area (Å²) in [6, 6.07) is 13.3. The van der Waals surface area contributed by atoms with Crippen molar-refractivity contribution < 1.29 is 14.0 Å². The molecular weight excluding hydrogens is 339 g/mol. The Morgan fingerprint density at radius 3 is 2.68 bits per heavy atom. The van der Waals surface area contributed by atoms with Crippen LogP contribution in [-0.4, -0.2) is 31.2 Å². The Balaban J connectivity index is 1.60. The highest BCUT2D eigenvalue weighted by Crippen LogP contribution is 2.25. The maximum absolute atomic E-state index is 13.0. The third kappa shape index (κ3) is 4.02. The summed E-state index contributed by atoms with van der Waals surface area (Å²) in [5, 5.41) is 2.93. The van der Waals surface area contributed by atoms with Crippen molar-refractivity contribution in [2.45, 2.75) is 11.3 Å². The predicted molar refractivity (Wildman–Crippen MR) is 97.4 cm³/mol. The van der Waals surface area contributed by atoms with Crippen molar-refractivity contribution in [1.82, 2.24) is 5.32 Å². The number of nitrogens with zero attached hydrogens (tertiary/aromatic N) is 1. The number of carbonyl (C=O) groups is 2. The van der Waals surface area contributed by atoms with Crippen LogP contribution in [-0.2, 0) is 4.79 Å². The van der Waals surface area contributed by atoms with Crippen molar-refractivity contribution in [2.24, 2.45) is 5.92 Å². The summed E-state index contributed by atoms with van der Waals surface area (Å²) >= 11 is 1.53. The highest BCUT2D eigenvalue weighted by Gasteiger charge is 2.30. The summed E-state index contributed by atoms with van der Waals surface area (Å²) in [5.74, 6) is -0.414. The molecule has 1 saturated heterocycles. The molecule has 1 unspecified atom stereocenters. The zero-order valence-corrected chi connectivity index (χ0v) is 14.7. The average Bonchev–Trinajstić information content (AvgIpc) is 3.01. The number of carbonyl (C=O) groups excluding carboxylic acids is 2. The van der Waals surface area contributed by atoms with Crippen LogP contribution < -0.4 is 10.2 Å². The van der Waals surface area contributed by atoms with Crippen molar-refractivity contribution >= 4 is 29.3 Å². The van der Waals surface area contributed by atoms with Gasteiger partial charge in [-0.3, -0.25) is 9.59 Å². The van der Waals surface area contributed by atoms with Gasteiger partial charge in [-0.25, -0.2) is 4.39 Å². The molecule has 0 bridgehead atoms. The molecule has 1 N–H and O–H groups in total. The molecule has 1 heterocycles. The Bertz CT molecular complexity index is 779. The minimum absolute atomic E-state index is 0.00429. The number of amides is 2. The minimum Gasteiger partial charge on any atom is -0.352 e. The number of hydrogen-bond acceptors (Lipinski definition) is 3. The first-order valence-corrected chi connectivity index (χ1v) is 9.28. The molecule has 3 rings (SSSR count). The fourth-order valence-electron chi connectivity index (χ4n) is 2.95. The lowest BCUT2D eigenvalue weighted by molar-refractivity contribution is -0.117. The third-order valence-corrected chi connectivity index (χ3v) is 5.04. The predicted octanol–water partition coefficient (Wildman–Crippen LogP) is 3.33. The van der Waals surface area contributed by atoms with Gasteiger partial charge in [0.2, 0.25) is 5.91 Å². The number of nitrogens with one attached hydrogen (secondary N) is 1. The first kappa shape index (κ1) is 17.5. The van der Waals surface area contributed by atoms with Crippen molar-refractivity contribution in [3.8, 4) is 0 Å². The zero-order valence-electron chi connectivity index (χ0n) is 13.9. The summed E-state index contributed by atoms with van der Waals surface area (Å²) in [7, 11) is 0. The summed E-state index contributed by atoms with van der Waals surface area (Å²) in [5.41, 5.74) is 1.34. The molecule has 2 aromatic rings. The first-order chi connectivity index (χ1) is 12.1. The Labute approximate surface area is 150 Å². The van der Waals surface area contributed by atoms with Crippen molar-refractivity contribution in [1.29, 1.82) is 0 Å².